The first-order valence-electron chi connectivity index (χ1n) is 4.14. The normalized spacial score (nSPS) is 14.1. The smallest absolute Gasteiger partial charge is 0.0287 e. The molecular weight excluding hydrogens is 132 g/mol. The fraction of sp³-hybridized carbons (Fsp3) is 0.455. The van der Waals surface area contributed by atoms with Gasteiger partial charge in [0.1, 0.15) is 0 Å². The molecule has 11 heavy (non-hydrogen) atoms. The Hall–Kier alpha value is -0.780. The van der Waals surface area contributed by atoms with E-state index in [1.807, 2.05) is 6.92 Å². The maximum Gasteiger partial charge on any atom is -0.0287 e. The van der Waals surface area contributed by atoms with Crippen molar-refractivity contribution < 1.29 is 0 Å². The summed E-state index contributed by atoms with van der Waals surface area (Å²) in [4.78, 5) is 0. The second-order valence-corrected chi connectivity index (χ2v) is 3.02. The van der Waals surface area contributed by atoms with Gasteiger partial charge in [-0.1, -0.05) is 49.8 Å². The summed E-state index contributed by atoms with van der Waals surface area (Å²) >= 11 is 0. The maximum atomic E-state index is 2.18. The van der Waals surface area contributed by atoms with Crippen LogP contribution in [0.5, 0.6) is 0 Å². The molecular formula is C11H18. The standard InChI is InChI=1S/C11H18/c1-5-11(4)9-7-6-8-10(2)3/h5-10H,1-4H3/b8-6+,9-7+,11-5+. The molecule has 0 rings (SSSR count). The molecule has 0 saturated heterocycles. The van der Waals surface area contributed by atoms with Gasteiger partial charge < -0.3 is 0 Å². The molecule has 0 aliphatic rings. The Labute approximate surface area is 70.3 Å². The molecule has 0 saturated carbocycles. The molecule has 0 radical (unpaired) electrons. The minimum Gasteiger partial charge on any atom is -0.0847 e. The highest BCUT2D eigenvalue weighted by Crippen LogP contribution is 1.96. The van der Waals surface area contributed by atoms with E-state index in [0.717, 1.165) is 0 Å². The number of allylic oxidation sites excluding steroid dienone is 6. The number of rotatable bonds is 3. The Kier molecular flexibility index (Phi) is 5.54. The van der Waals surface area contributed by atoms with E-state index in [4.69, 9.17) is 0 Å². The molecule has 0 heterocycles. The minimum atomic E-state index is 0.644. The second kappa shape index (κ2) is 5.96. The van der Waals surface area contributed by atoms with Crippen molar-refractivity contribution >= 4 is 0 Å². The van der Waals surface area contributed by atoms with Crippen molar-refractivity contribution in [2.75, 3.05) is 0 Å². The Morgan fingerprint density at radius 1 is 1.18 bits per heavy atom. The molecule has 0 atom stereocenters. The van der Waals surface area contributed by atoms with Gasteiger partial charge in [0.05, 0.1) is 0 Å². The van der Waals surface area contributed by atoms with Crippen LogP contribution in [0.25, 0.3) is 0 Å². The maximum absolute atomic E-state index is 2.18. The van der Waals surface area contributed by atoms with E-state index < -0.39 is 0 Å². The zero-order valence-corrected chi connectivity index (χ0v) is 7.96. The van der Waals surface area contributed by atoms with E-state index >= 15 is 0 Å². The van der Waals surface area contributed by atoms with Gasteiger partial charge in [0.15, 0.2) is 0 Å². The van der Waals surface area contributed by atoms with Gasteiger partial charge in [0, 0.05) is 0 Å². The Bertz CT molecular complexity index is 168. The van der Waals surface area contributed by atoms with Gasteiger partial charge in [0.25, 0.3) is 0 Å². The van der Waals surface area contributed by atoms with Crippen molar-refractivity contribution in [2.24, 2.45) is 5.92 Å². The van der Waals surface area contributed by atoms with Gasteiger partial charge >= 0.3 is 0 Å². The zero-order valence-electron chi connectivity index (χ0n) is 7.96. The van der Waals surface area contributed by atoms with Crippen LogP contribution in [0.2, 0.25) is 0 Å². The topological polar surface area (TPSA) is 0 Å². The molecule has 0 aliphatic carbocycles. The average Bonchev–Trinajstić information content (AvgIpc) is 1.97. The molecule has 0 unspecified atom stereocenters. The molecule has 0 fully saturated rings. The molecule has 0 heteroatoms. The molecule has 0 nitrogen and oxygen atoms in total. The van der Waals surface area contributed by atoms with Gasteiger partial charge in [-0.25, -0.2) is 0 Å². The third-order valence-corrected chi connectivity index (χ3v) is 1.42. The fourth-order valence-electron chi connectivity index (χ4n) is 0.590. The molecule has 0 N–H and O–H groups in total. The second-order valence-electron chi connectivity index (χ2n) is 3.02. The van der Waals surface area contributed by atoms with Gasteiger partial charge in [-0.05, 0) is 19.8 Å². The van der Waals surface area contributed by atoms with Crippen LogP contribution >= 0.6 is 0 Å². The summed E-state index contributed by atoms with van der Waals surface area (Å²) in [6.45, 7) is 8.49. The third kappa shape index (κ3) is 7.11. The molecule has 0 aromatic rings. The van der Waals surface area contributed by atoms with E-state index in [2.05, 4.69) is 51.2 Å². The van der Waals surface area contributed by atoms with Crippen LogP contribution in [-0.2, 0) is 0 Å². The molecule has 0 amide bonds. The van der Waals surface area contributed by atoms with E-state index in [0.29, 0.717) is 5.92 Å². The first-order chi connectivity index (χ1) is 5.16. The number of hydrogen-bond donors (Lipinski definition) is 0. The monoisotopic (exact) mass is 150 g/mol. The van der Waals surface area contributed by atoms with Crippen LogP contribution in [0.15, 0.2) is 36.0 Å². The van der Waals surface area contributed by atoms with E-state index in [1.165, 1.54) is 5.57 Å². The first-order valence-corrected chi connectivity index (χ1v) is 4.14. The highest BCUT2D eigenvalue weighted by Gasteiger charge is 1.79. The molecule has 62 valence electrons. The third-order valence-electron chi connectivity index (χ3n) is 1.42. The van der Waals surface area contributed by atoms with Crippen molar-refractivity contribution in [1.29, 1.82) is 0 Å². The summed E-state index contributed by atoms with van der Waals surface area (Å²) in [5.74, 6) is 0.644. The Balaban J connectivity index is 3.78. The van der Waals surface area contributed by atoms with Crippen molar-refractivity contribution in [3.8, 4) is 0 Å². The van der Waals surface area contributed by atoms with E-state index in [-0.39, 0.29) is 0 Å². The van der Waals surface area contributed by atoms with Crippen LogP contribution in [0, 0.1) is 5.92 Å². The molecule has 0 aromatic heterocycles. The largest absolute Gasteiger partial charge is 0.0847 e. The van der Waals surface area contributed by atoms with Gasteiger partial charge in [-0.15, -0.1) is 0 Å². The van der Waals surface area contributed by atoms with Crippen LogP contribution < -0.4 is 0 Å². The molecule has 0 aliphatic heterocycles. The summed E-state index contributed by atoms with van der Waals surface area (Å²) in [6, 6.07) is 0. The van der Waals surface area contributed by atoms with Crippen molar-refractivity contribution in [3.63, 3.8) is 0 Å². The van der Waals surface area contributed by atoms with Crippen LogP contribution in [0.3, 0.4) is 0 Å². The molecule has 0 spiro atoms. The van der Waals surface area contributed by atoms with Gasteiger partial charge in [0.2, 0.25) is 0 Å². The highest BCUT2D eigenvalue weighted by molar-refractivity contribution is 5.19. The van der Waals surface area contributed by atoms with Crippen molar-refractivity contribution in [3.05, 3.63) is 36.0 Å². The molecule has 0 aromatic carbocycles. The first kappa shape index (κ1) is 10.2. The predicted molar refractivity (Wildman–Crippen MR) is 52.5 cm³/mol. The number of hydrogen-bond acceptors (Lipinski definition) is 0. The zero-order chi connectivity index (χ0) is 8.69. The molecule has 0 bridgehead atoms. The summed E-state index contributed by atoms with van der Waals surface area (Å²) in [6.07, 6.45) is 10.6. The van der Waals surface area contributed by atoms with Crippen LogP contribution in [-0.4, -0.2) is 0 Å². The minimum absolute atomic E-state index is 0.644. The van der Waals surface area contributed by atoms with E-state index in [9.17, 15) is 0 Å². The van der Waals surface area contributed by atoms with E-state index in [1.54, 1.807) is 0 Å². The predicted octanol–water partition coefficient (Wildman–Crippen LogP) is 3.72. The fourth-order valence-corrected chi connectivity index (χ4v) is 0.590. The SMILES string of the molecule is C/C=C(C)/C=C/C=C/C(C)C. The lowest BCUT2D eigenvalue weighted by Crippen LogP contribution is -1.74. The van der Waals surface area contributed by atoms with Crippen molar-refractivity contribution in [1.82, 2.24) is 0 Å². The van der Waals surface area contributed by atoms with Crippen molar-refractivity contribution in [2.45, 2.75) is 27.7 Å². The van der Waals surface area contributed by atoms with Crippen LogP contribution in [0.4, 0.5) is 0 Å². The lowest BCUT2D eigenvalue weighted by atomic mass is 10.2. The summed E-state index contributed by atoms with van der Waals surface area (Å²) < 4.78 is 0. The summed E-state index contributed by atoms with van der Waals surface area (Å²) in [7, 11) is 0. The van der Waals surface area contributed by atoms with Gasteiger partial charge in [-0.3, -0.25) is 0 Å². The average molecular weight is 150 g/mol. The lowest BCUT2D eigenvalue weighted by Gasteiger charge is -1.89. The van der Waals surface area contributed by atoms with Crippen LogP contribution in [0.1, 0.15) is 27.7 Å². The summed E-state index contributed by atoms with van der Waals surface area (Å²) in [5, 5.41) is 0. The Morgan fingerprint density at radius 3 is 2.27 bits per heavy atom. The van der Waals surface area contributed by atoms with Gasteiger partial charge in [-0.2, -0.15) is 0 Å². The quantitative estimate of drug-likeness (QED) is 0.538. The Morgan fingerprint density at radius 2 is 1.82 bits per heavy atom. The lowest BCUT2D eigenvalue weighted by molar-refractivity contribution is 0.832. The highest BCUT2D eigenvalue weighted by atomic mass is 13.9. The summed E-state index contributed by atoms with van der Waals surface area (Å²) in [5.41, 5.74) is 1.30.